The van der Waals surface area contributed by atoms with Crippen molar-refractivity contribution < 1.29 is 29.0 Å². The molecule has 0 aliphatic carbocycles. The van der Waals surface area contributed by atoms with E-state index < -0.39 is 35.7 Å². The Bertz CT molecular complexity index is 983. The summed E-state index contributed by atoms with van der Waals surface area (Å²) < 4.78 is 5.62. The van der Waals surface area contributed by atoms with Crippen molar-refractivity contribution >= 4 is 23.8 Å². The highest BCUT2D eigenvalue weighted by Crippen LogP contribution is 2.42. The molecule has 0 aromatic heterocycles. The van der Waals surface area contributed by atoms with Crippen LogP contribution in [0, 0.1) is 0 Å². The molecule has 172 valence electrons. The quantitative estimate of drug-likeness (QED) is 0.603. The summed E-state index contributed by atoms with van der Waals surface area (Å²) in [4.78, 5) is 52.0. The topological polar surface area (TPSA) is 125 Å². The number of rotatable bonds is 2. The first kappa shape index (κ1) is 22.3. The lowest BCUT2D eigenvalue weighted by Gasteiger charge is -2.39. The number of carbonyl (C=O) groups excluding carboxylic acids is 4. The second kappa shape index (κ2) is 8.20. The number of hydrogen-bond acceptors (Lipinski definition) is 6. The van der Waals surface area contributed by atoms with Gasteiger partial charge in [-0.1, -0.05) is 12.1 Å². The molecule has 3 N–H and O–H groups in total. The number of nitrogens with one attached hydrogen (secondary N) is 2. The zero-order valence-electron chi connectivity index (χ0n) is 18.6. The number of likely N-dealkylation sites (tertiary alicyclic amines) is 1. The molecule has 4 amide bonds. The van der Waals surface area contributed by atoms with E-state index in [1.54, 1.807) is 37.8 Å². The third kappa shape index (κ3) is 4.09. The molecule has 3 aliphatic rings. The largest absolute Gasteiger partial charge is 0.444 e. The van der Waals surface area contributed by atoms with E-state index in [1.165, 1.54) is 0 Å². The van der Waals surface area contributed by atoms with E-state index in [9.17, 15) is 24.3 Å². The molecule has 1 aromatic carbocycles. The van der Waals surface area contributed by atoms with Crippen LogP contribution in [0.5, 0.6) is 0 Å². The Morgan fingerprint density at radius 1 is 1.12 bits per heavy atom. The smallest absolute Gasteiger partial charge is 0.410 e. The summed E-state index contributed by atoms with van der Waals surface area (Å²) in [6.45, 7) is 5.92. The molecule has 9 heteroatoms. The summed E-state index contributed by atoms with van der Waals surface area (Å²) in [5, 5.41) is 15.1. The monoisotopic (exact) mass is 443 g/mol. The van der Waals surface area contributed by atoms with Crippen molar-refractivity contribution in [1.82, 2.24) is 15.5 Å². The summed E-state index contributed by atoms with van der Waals surface area (Å²) in [7, 11) is 0. The van der Waals surface area contributed by atoms with Gasteiger partial charge in [0.1, 0.15) is 5.60 Å². The minimum Gasteiger partial charge on any atom is -0.444 e. The molecule has 3 atom stereocenters. The SMILES string of the molecule is CC(C)(C)OC(=O)N1CCCCC1c1ccc2c(c1C1CCC(=O)NC1=O)C(=O)NC2O. The molecule has 0 spiro atoms. The molecule has 3 heterocycles. The van der Waals surface area contributed by atoms with Crippen molar-refractivity contribution in [2.75, 3.05) is 6.54 Å². The van der Waals surface area contributed by atoms with Crippen LogP contribution in [0.1, 0.15) is 98.1 Å². The molecule has 2 saturated heterocycles. The number of amides is 4. The molecule has 32 heavy (non-hydrogen) atoms. The number of carbonyl (C=O) groups is 4. The van der Waals surface area contributed by atoms with Gasteiger partial charge >= 0.3 is 6.09 Å². The zero-order valence-corrected chi connectivity index (χ0v) is 18.6. The fourth-order valence-corrected chi connectivity index (χ4v) is 4.84. The van der Waals surface area contributed by atoms with Gasteiger partial charge in [-0.2, -0.15) is 0 Å². The number of hydrogen-bond donors (Lipinski definition) is 3. The molecule has 1 aromatic rings. The fraction of sp³-hybridized carbons (Fsp3) is 0.565. The summed E-state index contributed by atoms with van der Waals surface area (Å²) in [6, 6.07) is 3.08. The van der Waals surface area contributed by atoms with Crippen molar-refractivity contribution in [2.45, 2.75) is 76.7 Å². The fourth-order valence-electron chi connectivity index (χ4n) is 4.84. The number of fused-ring (bicyclic) bond motifs is 1. The van der Waals surface area contributed by atoms with Gasteiger partial charge in [-0.3, -0.25) is 19.7 Å². The predicted molar refractivity (Wildman–Crippen MR) is 114 cm³/mol. The standard InChI is InChI=1S/C23H29N3O6/c1-23(2,3)32-22(31)26-11-5-4-6-15(26)12-7-8-14-18(21(30)25-20(14)29)17(12)13-9-10-16(27)24-19(13)28/h7-8,13,15,20,29H,4-6,9-11H2,1-3H3,(H,25,30)(H,24,27,28). The summed E-state index contributed by atoms with van der Waals surface area (Å²) >= 11 is 0. The van der Waals surface area contributed by atoms with Crippen molar-refractivity contribution in [3.8, 4) is 0 Å². The lowest BCUT2D eigenvalue weighted by Crippen LogP contribution is -2.43. The van der Waals surface area contributed by atoms with Gasteiger partial charge in [-0.05, 0) is 57.6 Å². The normalized spacial score (nSPS) is 25.8. The number of ether oxygens (including phenoxy) is 1. The first-order valence-electron chi connectivity index (χ1n) is 11.1. The molecule has 0 saturated carbocycles. The summed E-state index contributed by atoms with van der Waals surface area (Å²) in [5.41, 5.74) is 1.18. The Balaban J connectivity index is 1.82. The maximum atomic E-state index is 13.0. The summed E-state index contributed by atoms with van der Waals surface area (Å²) in [6.07, 6.45) is 1.18. The van der Waals surface area contributed by atoms with Crippen LogP contribution in [0.15, 0.2) is 12.1 Å². The molecule has 2 fully saturated rings. The number of imide groups is 1. The van der Waals surface area contributed by atoms with Gasteiger partial charge in [-0.25, -0.2) is 4.79 Å². The number of nitrogens with zero attached hydrogens (tertiary/aromatic N) is 1. The second-order valence-corrected chi connectivity index (χ2v) is 9.60. The molecular weight excluding hydrogens is 414 g/mol. The van der Waals surface area contributed by atoms with Crippen LogP contribution in [0.3, 0.4) is 0 Å². The van der Waals surface area contributed by atoms with Crippen LogP contribution in [-0.2, 0) is 14.3 Å². The maximum Gasteiger partial charge on any atom is 0.410 e. The lowest BCUT2D eigenvalue weighted by molar-refractivity contribution is -0.134. The van der Waals surface area contributed by atoms with Gasteiger partial charge in [0.05, 0.1) is 17.5 Å². The summed E-state index contributed by atoms with van der Waals surface area (Å²) in [5.74, 6) is -2.01. The average molecular weight is 444 g/mol. The lowest BCUT2D eigenvalue weighted by atomic mass is 9.79. The predicted octanol–water partition coefficient (Wildman–Crippen LogP) is 2.40. The molecule has 4 rings (SSSR count). The van der Waals surface area contributed by atoms with Crippen molar-refractivity contribution in [1.29, 1.82) is 0 Å². The molecular formula is C23H29N3O6. The van der Waals surface area contributed by atoms with Gasteiger partial charge in [-0.15, -0.1) is 0 Å². The van der Waals surface area contributed by atoms with Crippen LogP contribution in [0.2, 0.25) is 0 Å². The molecule has 0 bridgehead atoms. The average Bonchev–Trinajstić information content (AvgIpc) is 3.00. The highest BCUT2D eigenvalue weighted by Gasteiger charge is 2.41. The molecule has 9 nitrogen and oxygen atoms in total. The number of aliphatic hydroxyl groups is 1. The number of piperidine rings is 2. The Morgan fingerprint density at radius 2 is 1.84 bits per heavy atom. The van der Waals surface area contributed by atoms with Crippen molar-refractivity contribution in [3.05, 3.63) is 34.4 Å². The van der Waals surface area contributed by atoms with Gasteiger partial charge < -0.3 is 20.1 Å². The van der Waals surface area contributed by atoms with E-state index in [2.05, 4.69) is 10.6 Å². The first-order valence-corrected chi connectivity index (χ1v) is 11.1. The van der Waals surface area contributed by atoms with Crippen LogP contribution in [0.4, 0.5) is 4.79 Å². The molecule has 3 aliphatic heterocycles. The van der Waals surface area contributed by atoms with E-state index in [0.29, 0.717) is 29.7 Å². The number of benzene rings is 1. The Morgan fingerprint density at radius 3 is 2.53 bits per heavy atom. The van der Waals surface area contributed by atoms with Gasteiger partial charge in [0.15, 0.2) is 6.23 Å². The zero-order chi connectivity index (χ0) is 23.2. The van der Waals surface area contributed by atoms with Crippen LogP contribution in [0.25, 0.3) is 0 Å². The van der Waals surface area contributed by atoms with E-state index >= 15 is 0 Å². The van der Waals surface area contributed by atoms with E-state index in [1.807, 2.05) is 0 Å². The Kier molecular flexibility index (Phi) is 5.70. The highest BCUT2D eigenvalue weighted by molar-refractivity contribution is 6.05. The second-order valence-electron chi connectivity index (χ2n) is 9.60. The molecule has 3 unspecified atom stereocenters. The van der Waals surface area contributed by atoms with Crippen LogP contribution >= 0.6 is 0 Å². The first-order chi connectivity index (χ1) is 15.1. The van der Waals surface area contributed by atoms with Crippen molar-refractivity contribution in [3.63, 3.8) is 0 Å². The maximum absolute atomic E-state index is 13.0. The van der Waals surface area contributed by atoms with Gasteiger partial charge in [0.2, 0.25) is 11.8 Å². The van der Waals surface area contributed by atoms with E-state index in [4.69, 9.17) is 4.74 Å². The number of aliphatic hydroxyl groups excluding tert-OH is 1. The molecule has 0 radical (unpaired) electrons. The third-order valence-corrected chi connectivity index (χ3v) is 6.18. The third-order valence-electron chi connectivity index (χ3n) is 6.18. The highest BCUT2D eigenvalue weighted by atomic mass is 16.6. The van der Waals surface area contributed by atoms with E-state index in [-0.39, 0.29) is 30.4 Å². The van der Waals surface area contributed by atoms with Crippen LogP contribution < -0.4 is 10.6 Å². The Labute approximate surface area is 186 Å². The Hall–Kier alpha value is -2.94. The van der Waals surface area contributed by atoms with Crippen molar-refractivity contribution in [2.24, 2.45) is 0 Å². The van der Waals surface area contributed by atoms with Crippen LogP contribution in [-0.4, -0.2) is 46.0 Å². The van der Waals surface area contributed by atoms with Gasteiger partial charge in [0, 0.05) is 18.5 Å². The minimum atomic E-state index is -1.16. The minimum absolute atomic E-state index is 0.157. The van der Waals surface area contributed by atoms with Gasteiger partial charge in [0.25, 0.3) is 5.91 Å². The van der Waals surface area contributed by atoms with E-state index in [0.717, 1.165) is 12.8 Å².